The van der Waals surface area contributed by atoms with Crippen LogP contribution in [0.4, 0.5) is 0 Å². The highest BCUT2D eigenvalue weighted by Crippen LogP contribution is 2.38. The molecule has 0 spiro atoms. The summed E-state index contributed by atoms with van der Waals surface area (Å²) in [5.41, 5.74) is 0. The summed E-state index contributed by atoms with van der Waals surface area (Å²) < 4.78 is 13.7. The van der Waals surface area contributed by atoms with Crippen molar-refractivity contribution in [2.75, 3.05) is 11.5 Å². The zero-order valence-electron chi connectivity index (χ0n) is 13.7. The maximum Gasteiger partial charge on any atom is 0.163 e. The Bertz CT molecular complexity index is 896. The molecule has 1 aromatic carbocycles. The molecule has 0 saturated heterocycles. The van der Waals surface area contributed by atoms with Gasteiger partial charge in [-0.3, -0.25) is 4.21 Å². The van der Waals surface area contributed by atoms with Gasteiger partial charge in [0, 0.05) is 46.2 Å². The molecule has 1 saturated carbocycles. The number of pyridine rings is 1. The summed E-state index contributed by atoms with van der Waals surface area (Å²) in [4.78, 5) is 9.30. The van der Waals surface area contributed by atoms with Crippen LogP contribution in [0.15, 0.2) is 36.5 Å². The van der Waals surface area contributed by atoms with E-state index in [1.807, 2.05) is 36.0 Å². The van der Waals surface area contributed by atoms with Crippen LogP contribution in [-0.4, -0.2) is 35.5 Å². The molecule has 2 heterocycles. The summed E-state index contributed by atoms with van der Waals surface area (Å²) in [5.74, 6) is 4.35. The molecular formula is C18H20N4OS. The summed E-state index contributed by atoms with van der Waals surface area (Å²) in [5, 5.41) is 6.93. The molecule has 4 rings (SSSR count). The van der Waals surface area contributed by atoms with E-state index in [0.29, 0.717) is 23.8 Å². The number of aryl methyl sites for hydroxylation is 1. The first-order valence-corrected chi connectivity index (χ1v) is 9.90. The second kappa shape index (κ2) is 6.43. The third-order valence-corrected chi connectivity index (χ3v) is 5.67. The SMILES string of the molecule is CC[S@](=O)CCc1nc(C2CC2)nn1-c1nccc2ccccc12. The van der Waals surface area contributed by atoms with E-state index in [-0.39, 0.29) is 0 Å². The molecule has 6 heteroatoms. The maximum atomic E-state index is 11.8. The van der Waals surface area contributed by atoms with E-state index in [0.717, 1.165) is 41.1 Å². The highest BCUT2D eigenvalue weighted by atomic mass is 32.2. The van der Waals surface area contributed by atoms with Crippen molar-refractivity contribution in [3.8, 4) is 5.82 Å². The number of hydrogen-bond acceptors (Lipinski definition) is 4. The quantitative estimate of drug-likeness (QED) is 0.692. The van der Waals surface area contributed by atoms with Crippen LogP contribution >= 0.6 is 0 Å². The van der Waals surface area contributed by atoms with Crippen molar-refractivity contribution >= 4 is 21.6 Å². The van der Waals surface area contributed by atoms with Crippen LogP contribution in [0, 0.1) is 0 Å². The van der Waals surface area contributed by atoms with Crippen LogP contribution in [0.3, 0.4) is 0 Å². The first-order valence-electron chi connectivity index (χ1n) is 8.41. The summed E-state index contributed by atoms with van der Waals surface area (Å²) >= 11 is 0. The topological polar surface area (TPSA) is 60.7 Å². The Morgan fingerprint density at radius 1 is 1.25 bits per heavy atom. The third kappa shape index (κ3) is 2.98. The summed E-state index contributed by atoms with van der Waals surface area (Å²) in [6.45, 7) is 1.95. The molecule has 5 nitrogen and oxygen atoms in total. The van der Waals surface area contributed by atoms with Gasteiger partial charge in [0.25, 0.3) is 0 Å². The molecule has 2 aromatic heterocycles. The first-order chi connectivity index (χ1) is 11.8. The molecule has 1 aliphatic rings. The lowest BCUT2D eigenvalue weighted by molar-refractivity contribution is 0.681. The van der Waals surface area contributed by atoms with Crippen molar-refractivity contribution in [2.45, 2.75) is 32.1 Å². The fraction of sp³-hybridized carbons (Fsp3) is 0.389. The van der Waals surface area contributed by atoms with Gasteiger partial charge in [-0.1, -0.05) is 31.2 Å². The number of nitrogens with zero attached hydrogens (tertiary/aromatic N) is 4. The smallest absolute Gasteiger partial charge is 0.163 e. The van der Waals surface area contributed by atoms with Gasteiger partial charge in [-0.15, -0.1) is 5.10 Å². The van der Waals surface area contributed by atoms with Crippen LogP contribution in [0.5, 0.6) is 0 Å². The summed E-state index contributed by atoms with van der Waals surface area (Å²) in [7, 11) is -0.807. The normalized spacial score (nSPS) is 15.7. The van der Waals surface area contributed by atoms with Crippen molar-refractivity contribution in [3.63, 3.8) is 0 Å². The number of benzene rings is 1. The van der Waals surface area contributed by atoms with Gasteiger partial charge in [0.2, 0.25) is 0 Å². The van der Waals surface area contributed by atoms with Crippen LogP contribution in [-0.2, 0) is 17.2 Å². The van der Waals surface area contributed by atoms with E-state index < -0.39 is 10.8 Å². The van der Waals surface area contributed by atoms with Gasteiger partial charge in [-0.05, 0) is 24.3 Å². The average molecular weight is 340 g/mol. The molecule has 0 radical (unpaired) electrons. The Kier molecular flexibility index (Phi) is 4.14. The zero-order valence-corrected chi connectivity index (χ0v) is 14.5. The molecule has 0 amide bonds. The lowest BCUT2D eigenvalue weighted by Crippen LogP contribution is -2.10. The van der Waals surface area contributed by atoms with Crippen molar-refractivity contribution in [1.29, 1.82) is 0 Å². The van der Waals surface area contributed by atoms with Gasteiger partial charge in [-0.2, -0.15) is 4.68 Å². The minimum Gasteiger partial charge on any atom is -0.260 e. The van der Waals surface area contributed by atoms with Crippen LogP contribution < -0.4 is 0 Å². The van der Waals surface area contributed by atoms with Crippen molar-refractivity contribution < 1.29 is 4.21 Å². The third-order valence-electron chi connectivity index (χ3n) is 4.36. The number of fused-ring (bicyclic) bond motifs is 1. The van der Waals surface area contributed by atoms with Crippen molar-refractivity contribution in [1.82, 2.24) is 19.7 Å². The molecule has 1 atom stereocenters. The molecule has 0 N–H and O–H groups in total. The molecule has 124 valence electrons. The average Bonchev–Trinajstić information content (AvgIpc) is 3.39. The van der Waals surface area contributed by atoms with Crippen LogP contribution in [0.1, 0.15) is 37.3 Å². The Labute approximate surface area is 143 Å². The lowest BCUT2D eigenvalue weighted by Gasteiger charge is -2.08. The molecule has 1 fully saturated rings. The minimum atomic E-state index is -0.807. The number of rotatable bonds is 6. The van der Waals surface area contributed by atoms with E-state index in [9.17, 15) is 4.21 Å². The van der Waals surface area contributed by atoms with Gasteiger partial charge in [-0.25, -0.2) is 9.97 Å². The molecule has 0 aliphatic heterocycles. The van der Waals surface area contributed by atoms with Crippen molar-refractivity contribution in [3.05, 3.63) is 48.2 Å². The van der Waals surface area contributed by atoms with Crippen molar-refractivity contribution in [2.24, 2.45) is 0 Å². The van der Waals surface area contributed by atoms with Gasteiger partial charge >= 0.3 is 0 Å². The molecule has 0 bridgehead atoms. The second-order valence-electron chi connectivity index (χ2n) is 6.11. The molecule has 24 heavy (non-hydrogen) atoms. The van der Waals surface area contributed by atoms with Gasteiger partial charge in [0.1, 0.15) is 5.82 Å². The summed E-state index contributed by atoms with van der Waals surface area (Å²) in [6.07, 6.45) is 4.79. The van der Waals surface area contributed by atoms with E-state index in [2.05, 4.69) is 17.1 Å². The monoisotopic (exact) mass is 340 g/mol. The highest BCUT2D eigenvalue weighted by molar-refractivity contribution is 7.84. The Morgan fingerprint density at radius 2 is 2.08 bits per heavy atom. The molecule has 3 aromatic rings. The molecule has 1 aliphatic carbocycles. The summed E-state index contributed by atoms with van der Waals surface area (Å²) in [6, 6.07) is 10.2. The highest BCUT2D eigenvalue weighted by Gasteiger charge is 2.29. The van der Waals surface area contributed by atoms with E-state index in [1.165, 1.54) is 0 Å². The van der Waals surface area contributed by atoms with Crippen LogP contribution in [0.25, 0.3) is 16.6 Å². The second-order valence-corrected chi connectivity index (χ2v) is 7.98. The zero-order chi connectivity index (χ0) is 16.5. The first kappa shape index (κ1) is 15.4. The Hall–Kier alpha value is -2.08. The lowest BCUT2D eigenvalue weighted by atomic mass is 10.1. The van der Waals surface area contributed by atoms with Crippen LogP contribution in [0.2, 0.25) is 0 Å². The fourth-order valence-corrected chi connectivity index (χ4v) is 3.53. The van der Waals surface area contributed by atoms with Gasteiger partial charge < -0.3 is 0 Å². The standard InChI is InChI=1S/C18H20N4OS/c1-2-24(23)12-10-16-20-17(14-7-8-14)21-22(16)18-15-6-4-3-5-13(15)9-11-19-18/h3-6,9,11,14H,2,7-8,10,12H2,1H3/t24-/m0/s1. The van der Waals surface area contributed by atoms with E-state index >= 15 is 0 Å². The largest absolute Gasteiger partial charge is 0.260 e. The predicted octanol–water partition coefficient (Wildman–Crippen LogP) is 3.00. The maximum absolute atomic E-state index is 11.8. The minimum absolute atomic E-state index is 0.483. The van der Waals surface area contributed by atoms with Gasteiger partial charge in [0.15, 0.2) is 11.6 Å². The van der Waals surface area contributed by atoms with E-state index in [4.69, 9.17) is 10.1 Å². The fourth-order valence-electron chi connectivity index (χ4n) is 2.83. The van der Waals surface area contributed by atoms with E-state index in [1.54, 1.807) is 0 Å². The predicted molar refractivity (Wildman–Crippen MR) is 95.9 cm³/mol. The Balaban J connectivity index is 1.79. The molecular weight excluding hydrogens is 320 g/mol. The Morgan fingerprint density at radius 3 is 2.88 bits per heavy atom. The molecule has 0 unspecified atom stereocenters. The number of aromatic nitrogens is 4. The van der Waals surface area contributed by atoms with Gasteiger partial charge in [0.05, 0.1) is 0 Å². The number of hydrogen-bond donors (Lipinski definition) is 0.